The summed E-state index contributed by atoms with van der Waals surface area (Å²) in [5.74, 6) is -0.0176. The number of nitrogens with zero attached hydrogens (tertiary/aromatic N) is 2. The molecule has 1 aromatic heterocycles. The Morgan fingerprint density at radius 2 is 2.33 bits per heavy atom. The molecule has 0 aliphatic carbocycles. The van der Waals surface area contributed by atoms with E-state index in [0.717, 1.165) is 32.7 Å². The molecule has 0 bridgehead atoms. The Bertz CT molecular complexity index is 383. The minimum absolute atomic E-state index is 0.0176. The molecular weight excluding hydrogens is 230 g/mol. The summed E-state index contributed by atoms with van der Waals surface area (Å²) in [6.07, 6.45) is 4.27. The maximum atomic E-state index is 11.9. The first kappa shape index (κ1) is 13.0. The zero-order valence-corrected chi connectivity index (χ0v) is 10.6. The van der Waals surface area contributed by atoms with Crippen LogP contribution in [0.2, 0.25) is 0 Å². The van der Waals surface area contributed by atoms with Gasteiger partial charge in [-0.05, 0) is 18.6 Å². The molecule has 1 amide bonds. The van der Waals surface area contributed by atoms with Gasteiger partial charge in [-0.15, -0.1) is 0 Å². The van der Waals surface area contributed by atoms with Gasteiger partial charge < -0.3 is 10.1 Å². The molecule has 1 fully saturated rings. The Kier molecular flexibility index (Phi) is 4.66. The van der Waals surface area contributed by atoms with Gasteiger partial charge in [-0.2, -0.15) is 0 Å². The summed E-state index contributed by atoms with van der Waals surface area (Å²) in [5.41, 5.74) is 0.667. The number of rotatable bonds is 5. The van der Waals surface area contributed by atoms with Gasteiger partial charge in [0.1, 0.15) is 0 Å². The standard InChI is InChI=1S/C13H19N3O2/c1-18-9-8-16-7-4-12(10-16)15-13(17)11-2-5-14-6-3-11/h2-3,5-6,12H,4,7-10H2,1H3,(H,15,17). The summed E-state index contributed by atoms with van der Waals surface area (Å²) < 4.78 is 5.05. The lowest BCUT2D eigenvalue weighted by atomic mass is 10.2. The summed E-state index contributed by atoms with van der Waals surface area (Å²) in [5, 5.41) is 3.05. The van der Waals surface area contributed by atoms with Crippen LogP contribution in [0.1, 0.15) is 16.8 Å². The average Bonchev–Trinajstić information content (AvgIpc) is 2.85. The van der Waals surface area contributed by atoms with Crippen LogP contribution in [0.5, 0.6) is 0 Å². The molecule has 2 rings (SSSR count). The van der Waals surface area contributed by atoms with E-state index in [1.165, 1.54) is 0 Å². The van der Waals surface area contributed by atoms with Crippen molar-refractivity contribution in [2.75, 3.05) is 33.4 Å². The molecule has 0 spiro atoms. The van der Waals surface area contributed by atoms with Crippen LogP contribution in [-0.2, 0) is 4.74 Å². The lowest BCUT2D eigenvalue weighted by molar-refractivity contribution is 0.0936. The van der Waals surface area contributed by atoms with Gasteiger partial charge in [0.25, 0.3) is 5.91 Å². The number of hydrogen-bond acceptors (Lipinski definition) is 4. The number of pyridine rings is 1. The highest BCUT2D eigenvalue weighted by Gasteiger charge is 2.23. The van der Waals surface area contributed by atoms with Gasteiger partial charge in [-0.1, -0.05) is 0 Å². The number of carbonyl (C=O) groups is 1. The summed E-state index contributed by atoms with van der Waals surface area (Å²) >= 11 is 0. The molecule has 1 aromatic rings. The van der Waals surface area contributed by atoms with Crippen molar-refractivity contribution >= 4 is 5.91 Å². The number of nitrogens with one attached hydrogen (secondary N) is 1. The van der Waals surface area contributed by atoms with Crippen molar-refractivity contribution in [3.63, 3.8) is 0 Å². The smallest absolute Gasteiger partial charge is 0.251 e. The number of amides is 1. The van der Waals surface area contributed by atoms with E-state index >= 15 is 0 Å². The van der Waals surface area contributed by atoms with Crippen LogP contribution in [0, 0.1) is 0 Å². The number of hydrogen-bond donors (Lipinski definition) is 1. The van der Waals surface area contributed by atoms with Crippen molar-refractivity contribution in [2.24, 2.45) is 0 Å². The van der Waals surface area contributed by atoms with Crippen LogP contribution in [0.4, 0.5) is 0 Å². The fourth-order valence-corrected chi connectivity index (χ4v) is 2.15. The van der Waals surface area contributed by atoms with Gasteiger partial charge in [0.2, 0.25) is 0 Å². The van der Waals surface area contributed by atoms with Crippen LogP contribution in [0.25, 0.3) is 0 Å². The minimum Gasteiger partial charge on any atom is -0.383 e. The first-order chi connectivity index (χ1) is 8.79. The molecule has 2 heterocycles. The molecule has 1 aliphatic rings. The fourth-order valence-electron chi connectivity index (χ4n) is 2.15. The quantitative estimate of drug-likeness (QED) is 0.827. The Hall–Kier alpha value is -1.46. The zero-order chi connectivity index (χ0) is 12.8. The van der Waals surface area contributed by atoms with Crippen molar-refractivity contribution in [1.29, 1.82) is 0 Å². The van der Waals surface area contributed by atoms with Crippen LogP contribution in [0.15, 0.2) is 24.5 Å². The Balaban J connectivity index is 1.79. The first-order valence-corrected chi connectivity index (χ1v) is 6.22. The van der Waals surface area contributed by atoms with E-state index in [4.69, 9.17) is 4.74 Å². The molecule has 5 nitrogen and oxygen atoms in total. The maximum absolute atomic E-state index is 11.9. The predicted octanol–water partition coefficient (Wildman–Crippen LogP) is 0.532. The number of aromatic nitrogens is 1. The third-order valence-electron chi connectivity index (χ3n) is 3.16. The normalized spacial score (nSPS) is 19.9. The third kappa shape index (κ3) is 3.51. The van der Waals surface area contributed by atoms with Crippen molar-refractivity contribution in [3.05, 3.63) is 30.1 Å². The SMILES string of the molecule is COCCN1CCC(NC(=O)c2ccncc2)C1. The van der Waals surface area contributed by atoms with Crippen molar-refractivity contribution in [1.82, 2.24) is 15.2 Å². The molecule has 1 atom stereocenters. The van der Waals surface area contributed by atoms with E-state index in [0.29, 0.717) is 5.56 Å². The molecular formula is C13H19N3O2. The number of methoxy groups -OCH3 is 1. The summed E-state index contributed by atoms with van der Waals surface area (Å²) in [6.45, 7) is 3.59. The molecule has 1 unspecified atom stereocenters. The highest BCUT2D eigenvalue weighted by Crippen LogP contribution is 2.09. The molecule has 18 heavy (non-hydrogen) atoms. The van der Waals surface area contributed by atoms with E-state index in [2.05, 4.69) is 15.2 Å². The van der Waals surface area contributed by atoms with E-state index in [1.807, 2.05) is 0 Å². The van der Waals surface area contributed by atoms with E-state index in [-0.39, 0.29) is 11.9 Å². The predicted molar refractivity (Wildman–Crippen MR) is 68.4 cm³/mol. The van der Waals surface area contributed by atoms with Gasteiger partial charge in [-0.25, -0.2) is 0 Å². The van der Waals surface area contributed by atoms with Crippen LogP contribution in [-0.4, -0.2) is 55.2 Å². The summed E-state index contributed by atoms with van der Waals surface area (Å²) in [7, 11) is 1.71. The Labute approximate surface area is 107 Å². The van der Waals surface area contributed by atoms with Crippen molar-refractivity contribution in [3.8, 4) is 0 Å². The first-order valence-electron chi connectivity index (χ1n) is 6.22. The van der Waals surface area contributed by atoms with E-state index < -0.39 is 0 Å². The molecule has 0 aromatic carbocycles. The molecule has 1 saturated heterocycles. The second-order valence-electron chi connectivity index (χ2n) is 4.49. The van der Waals surface area contributed by atoms with Gasteiger partial charge in [0.15, 0.2) is 0 Å². The average molecular weight is 249 g/mol. The van der Waals surface area contributed by atoms with Crippen molar-refractivity contribution in [2.45, 2.75) is 12.5 Å². The van der Waals surface area contributed by atoms with Gasteiger partial charge in [0, 0.05) is 50.7 Å². The highest BCUT2D eigenvalue weighted by atomic mass is 16.5. The fraction of sp³-hybridized carbons (Fsp3) is 0.538. The minimum atomic E-state index is -0.0176. The topological polar surface area (TPSA) is 54.5 Å². The lowest BCUT2D eigenvalue weighted by Crippen LogP contribution is -2.37. The molecule has 0 saturated carbocycles. The van der Waals surface area contributed by atoms with Crippen molar-refractivity contribution < 1.29 is 9.53 Å². The zero-order valence-electron chi connectivity index (χ0n) is 10.6. The Morgan fingerprint density at radius 3 is 3.06 bits per heavy atom. The van der Waals surface area contributed by atoms with E-state index in [1.54, 1.807) is 31.6 Å². The monoisotopic (exact) mass is 249 g/mol. The maximum Gasteiger partial charge on any atom is 0.251 e. The molecule has 1 aliphatic heterocycles. The van der Waals surface area contributed by atoms with E-state index in [9.17, 15) is 4.79 Å². The van der Waals surface area contributed by atoms with Gasteiger partial charge in [0.05, 0.1) is 6.61 Å². The Morgan fingerprint density at radius 1 is 1.56 bits per heavy atom. The summed E-state index contributed by atoms with van der Waals surface area (Å²) in [6, 6.07) is 3.70. The van der Waals surface area contributed by atoms with Crippen LogP contribution < -0.4 is 5.32 Å². The molecule has 98 valence electrons. The largest absolute Gasteiger partial charge is 0.383 e. The second kappa shape index (κ2) is 6.47. The van der Waals surface area contributed by atoms with Crippen LogP contribution in [0.3, 0.4) is 0 Å². The van der Waals surface area contributed by atoms with Gasteiger partial charge >= 0.3 is 0 Å². The lowest BCUT2D eigenvalue weighted by Gasteiger charge is -2.16. The highest BCUT2D eigenvalue weighted by molar-refractivity contribution is 5.94. The number of ether oxygens (including phenoxy) is 1. The molecule has 1 N–H and O–H groups in total. The number of carbonyl (C=O) groups excluding carboxylic acids is 1. The second-order valence-corrected chi connectivity index (χ2v) is 4.49. The number of likely N-dealkylation sites (tertiary alicyclic amines) is 1. The molecule has 5 heteroatoms. The van der Waals surface area contributed by atoms with Crippen LogP contribution >= 0.6 is 0 Å². The molecule has 0 radical (unpaired) electrons. The summed E-state index contributed by atoms with van der Waals surface area (Å²) in [4.78, 5) is 18.1. The third-order valence-corrected chi connectivity index (χ3v) is 3.16. The van der Waals surface area contributed by atoms with Gasteiger partial charge in [-0.3, -0.25) is 14.7 Å².